The van der Waals surface area contributed by atoms with E-state index in [2.05, 4.69) is 31.2 Å². The fourth-order valence-corrected chi connectivity index (χ4v) is 2.48. The van der Waals surface area contributed by atoms with Crippen LogP contribution in [-0.2, 0) is 0 Å². The zero-order valence-corrected chi connectivity index (χ0v) is 12.0. The summed E-state index contributed by atoms with van der Waals surface area (Å²) in [5.41, 5.74) is 0. The second kappa shape index (κ2) is 9.26. The molecule has 98 valence electrons. The van der Waals surface area contributed by atoms with E-state index in [9.17, 15) is 0 Å². The Bertz CT molecular complexity index is 154. The topological polar surface area (TPSA) is 15.3 Å². The van der Waals surface area contributed by atoms with Crippen molar-refractivity contribution in [1.29, 1.82) is 0 Å². The lowest BCUT2D eigenvalue weighted by molar-refractivity contribution is 0.264. The third kappa shape index (κ3) is 6.07. The molecule has 0 aliphatic heterocycles. The fraction of sp³-hybridized carbons (Fsp3) is 1.00. The predicted octanol–water partition coefficient (Wildman–Crippen LogP) is 3.06. The first kappa shape index (κ1) is 16.2. The summed E-state index contributed by atoms with van der Waals surface area (Å²) in [5.74, 6) is 0. The highest BCUT2D eigenvalue weighted by Crippen LogP contribution is 2.17. The van der Waals surface area contributed by atoms with E-state index in [4.69, 9.17) is 0 Å². The van der Waals surface area contributed by atoms with Crippen molar-refractivity contribution in [2.45, 2.75) is 64.0 Å². The van der Waals surface area contributed by atoms with E-state index in [1.807, 2.05) is 0 Å². The van der Waals surface area contributed by atoms with Crippen LogP contribution in [0.1, 0.15) is 51.9 Å². The standard InChI is InChI=1S/C13H28N2.ClH/c1-4-13(15(2)3)11-14-12-9-7-5-6-8-10-12;/h12-14H,4-11H2,1-3H3;1H. The maximum atomic E-state index is 3.75. The molecule has 0 radical (unpaired) electrons. The Labute approximate surface area is 108 Å². The van der Waals surface area contributed by atoms with Gasteiger partial charge in [0.1, 0.15) is 0 Å². The largest absolute Gasteiger partial charge is 0.312 e. The Balaban J connectivity index is 0.00000225. The average molecular weight is 249 g/mol. The minimum atomic E-state index is 0. The van der Waals surface area contributed by atoms with Gasteiger partial charge in [-0.1, -0.05) is 32.6 Å². The van der Waals surface area contributed by atoms with Crippen LogP contribution < -0.4 is 5.32 Å². The van der Waals surface area contributed by atoms with Crippen LogP contribution in [-0.4, -0.2) is 37.6 Å². The lowest BCUT2D eigenvalue weighted by Gasteiger charge is -2.26. The molecule has 3 heteroatoms. The predicted molar refractivity (Wildman–Crippen MR) is 74.5 cm³/mol. The summed E-state index contributed by atoms with van der Waals surface area (Å²) in [6, 6.07) is 1.50. The molecule has 1 unspecified atom stereocenters. The second-order valence-corrected chi connectivity index (χ2v) is 5.12. The van der Waals surface area contributed by atoms with Gasteiger partial charge in [-0.3, -0.25) is 0 Å². The third-order valence-electron chi connectivity index (χ3n) is 3.70. The van der Waals surface area contributed by atoms with Crippen LogP contribution in [0, 0.1) is 0 Å². The number of nitrogens with zero attached hydrogens (tertiary/aromatic N) is 1. The second-order valence-electron chi connectivity index (χ2n) is 5.12. The minimum absolute atomic E-state index is 0. The Morgan fingerprint density at radius 2 is 1.69 bits per heavy atom. The maximum absolute atomic E-state index is 3.75. The zero-order valence-electron chi connectivity index (χ0n) is 11.2. The van der Waals surface area contributed by atoms with Crippen molar-refractivity contribution in [3.8, 4) is 0 Å². The number of rotatable bonds is 5. The van der Waals surface area contributed by atoms with E-state index in [0.717, 1.165) is 12.6 Å². The lowest BCUT2D eigenvalue weighted by atomic mass is 10.1. The molecule has 2 nitrogen and oxygen atoms in total. The molecule has 1 aliphatic carbocycles. The number of likely N-dealkylation sites (N-methyl/N-ethyl adjacent to an activating group) is 1. The van der Waals surface area contributed by atoms with Gasteiger partial charge in [-0.25, -0.2) is 0 Å². The highest BCUT2D eigenvalue weighted by Gasteiger charge is 2.14. The van der Waals surface area contributed by atoms with E-state index in [1.165, 1.54) is 44.9 Å². The first-order valence-corrected chi connectivity index (χ1v) is 6.63. The Kier molecular flexibility index (Phi) is 9.38. The van der Waals surface area contributed by atoms with Crippen LogP contribution >= 0.6 is 12.4 Å². The van der Waals surface area contributed by atoms with Crippen molar-refractivity contribution in [1.82, 2.24) is 10.2 Å². The van der Waals surface area contributed by atoms with Gasteiger partial charge in [0.15, 0.2) is 0 Å². The van der Waals surface area contributed by atoms with Crippen LogP contribution in [0.3, 0.4) is 0 Å². The molecular formula is C13H29ClN2. The minimum Gasteiger partial charge on any atom is -0.312 e. The Hall–Kier alpha value is 0.210. The normalized spacial score (nSPS) is 20.2. The van der Waals surface area contributed by atoms with Crippen molar-refractivity contribution >= 4 is 12.4 Å². The van der Waals surface area contributed by atoms with Crippen molar-refractivity contribution in [3.63, 3.8) is 0 Å². The van der Waals surface area contributed by atoms with Crippen LogP contribution in [0.2, 0.25) is 0 Å². The molecule has 0 heterocycles. The lowest BCUT2D eigenvalue weighted by Crippen LogP contribution is -2.41. The summed E-state index contributed by atoms with van der Waals surface area (Å²) in [7, 11) is 4.37. The molecule has 0 amide bonds. The summed E-state index contributed by atoms with van der Waals surface area (Å²) in [6.45, 7) is 3.44. The fourth-order valence-electron chi connectivity index (χ4n) is 2.48. The van der Waals surface area contributed by atoms with Gasteiger partial charge >= 0.3 is 0 Å². The molecule has 16 heavy (non-hydrogen) atoms. The van der Waals surface area contributed by atoms with E-state index in [-0.39, 0.29) is 12.4 Å². The van der Waals surface area contributed by atoms with Crippen LogP contribution in [0.25, 0.3) is 0 Å². The summed E-state index contributed by atoms with van der Waals surface area (Å²) in [5, 5.41) is 3.75. The van der Waals surface area contributed by atoms with Gasteiger partial charge in [0.25, 0.3) is 0 Å². The van der Waals surface area contributed by atoms with Gasteiger partial charge in [-0.15, -0.1) is 12.4 Å². The van der Waals surface area contributed by atoms with Crippen molar-refractivity contribution in [3.05, 3.63) is 0 Å². The Morgan fingerprint density at radius 1 is 1.12 bits per heavy atom. The molecule has 0 aromatic carbocycles. The summed E-state index contributed by atoms with van der Waals surface area (Å²) in [4.78, 5) is 2.34. The molecule has 1 N–H and O–H groups in total. The quantitative estimate of drug-likeness (QED) is 0.753. The summed E-state index contributed by atoms with van der Waals surface area (Å²) >= 11 is 0. The first-order valence-electron chi connectivity index (χ1n) is 6.63. The van der Waals surface area contributed by atoms with Gasteiger partial charge in [-0.05, 0) is 33.4 Å². The molecule has 0 aromatic heterocycles. The van der Waals surface area contributed by atoms with Crippen molar-refractivity contribution in [2.24, 2.45) is 0 Å². The molecule has 1 atom stereocenters. The van der Waals surface area contributed by atoms with Gasteiger partial charge in [0, 0.05) is 18.6 Å². The molecule has 1 saturated carbocycles. The molecule has 0 aromatic rings. The molecule has 1 aliphatic rings. The molecule has 0 spiro atoms. The average Bonchev–Trinajstić information content (AvgIpc) is 2.46. The Morgan fingerprint density at radius 3 is 2.12 bits per heavy atom. The number of hydrogen-bond donors (Lipinski definition) is 1. The molecule has 0 saturated heterocycles. The number of nitrogens with one attached hydrogen (secondary N) is 1. The smallest absolute Gasteiger partial charge is 0.0212 e. The highest BCUT2D eigenvalue weighted by atomic mass is 35.5. The first-order chi connectivity index (χ1) is 7.24. The van der Waals surface area contributed by atoms with Crippen LogP contribution in [0.5, 0.6) is 0 Å². The monoisotopic (exact) mass is 248 g/mol. The molecule has 1 fully saturated rings. The summed E-state index contributed by atoms with van der Waals surface area (Å²) in [6.07, 6.45) is 9.78. The zero-order chi connectivity index (χ0) is 11.1. The SMILES string of the molecule is CCC(CNC1CCCCCC1)N(C)C.Cl. The van der Waals surface area contributed by atoms with Gasteiger partial charge in [0.2, 0.25) is 0 Å². The van der Waals surface area contributed by atoms with Gasteiger partial charge in [-0.2, -0.15) is 0 Å². The maximum Gasteiger partial charge on any atom is 0.0212 e. The van der Waals surface area contributed by atoms with E-state index in [1.54, 1.807) is 0 Å². The van der Waals surface area contributed by atoms with Gasteiger partial charge < -0.3 is 10.2 Å². The van der Waals surface area contributed by atoms with Crippen molar-refractivity contribution in [2.75, 3.05) is 20.6 Å². The van der Waals surface area contributed by atoms with E-state index >= 15 is 0 Å². The van der Waals surface area contributed by atoms with Crippen LogP contribution in [0.4, 0.5) is 0 Å². The van der Waals surface area contributed by atoms with Crippen LogP contribution in [0.15, 0.2) is 0 Å². The molecule has 0 bridgehead atoms. The van der Waals surface area contributed by atoms with Gasteiger partial charge in [0.05, 0.1) is 0 Å². The third-order valence-corrected chi connectivity index (χ3v) is 3.70. The molecular weight excluding hydrogens is 220 g/mol. The van der Waals surface area contributed by atoms with Crippen molar-refractivity contribution < 1.29 is 0 Å². The summed E-state index contributed by atoms with van der Waals surface area (Å²) < 4.78 is 0. The number of hydrogen-bond acceptors (Lipinski definition) is 2. The van der Waals surface area contributed by atoms with E-state index < -0.39 is 0 Å². The highest BCUT2D eigenvalue weighted by molar-refractivity contribution is 5.85. The molecule has 1 rings (SSSR count). The van der Waals surface area contributed by atoms with E-state index in [0.29, 0.717) is 6.04 Å². The number of halogens is 1.